The van der Waals surface area contributed by atoms with Gasteiger partial charge in [-0.05, 0) is 49.6 Å². The summed E-state index contributed by atoms with van der Waals surface area (Å²) in [5.74, 6) is 0.489. The van der Waals surface area contributed by atoms with Crippen LogP contribution in [0.3, 0.4) is 0 Å². The molecule has 2 nitrogen and oxygen atoms in total. The molecule has 1 N–H and O–H groups in total. The number of halogens is 2. The fourth-order valence-corrected chi connectivity index (χ4v) is 3.06. The molecule has 2 rings (SSSR count). The Balaban J connectivity index is 2.29. The van der Waals surface area contributed by atoms with E-state index in [4.69, 9.17) is 27.9 Å². The molecule has 0 spiro atoms. The monoisotopic (exact) mass is 324 g/mol. The second-order valence-corrected chi connectivity index (χ2v) is 6.04. The lowest BCUT2D eigenvalue weighted by Gasteiger charge is -2.16. The number of hydrogen-bond donors (Lipinski definition) is 1. The number of ether oxygens (including phenoxy) is 1. The summed E-state index contributed by atoms with van der Waals surface area (Å²) in [6.45, 7) is 6.45. The lowest BCUT2D eigenvalue weighted by atomic mass is 10.0. The number of rotatable bonds is 4. The van der Waals surface area contributed by atoms with E-state index >= 15 is 0 Å². The molecule has 2 aromatic carbocycles. The maximum absolute atomic E-state index is 9.41. The first-order valence-electron chi connectivity index (χ1n) is 6.70. The van der Waals surface area contributed by atoms with Gasteiger partial charge in [-0.25, -0.2) is 0 Å². The zero-order chi connectivity index (χ0) is 15.6. The Morgan fingerprint density at radius 1 is 1.00 bits per heavy atom. The quantitative estimate of drug-likeness (QED) is 0.858. The maximum Gasteiger partial charge on any atom is 0.144 e. The predicted octanol–water partition coefficient (Wildman–Crippen LogP) is 4.99. The van der Waals surface area contributed by atoms with Crippen molar-refractivity contribution in [1.82, 2.24) is 0 Å². The summed E-state index contributed by atoms with van der Waals surface area (Å²) < 4.78 is 5.85. The molecule has 0 radical (unpaired) electrons. The van der Waals surface area contributed by atoms with Crippen molar-refractivity contribution < 1.29 is 9.84 Å². The van der Waals surface area contributed by atoms with E-state index in [0.717, 1.165) is 5.56 Å². The molecule has 21 heavy (non-hydrogen) atoms. The van der Waals surface area contributed by atoms with E-state index in [1.54, 1.807) is 12.1 Å². The van der Waals surface area contributed by atoms with Crippen LogP contribution < -0.4 is 4.74 Å². The Bertz CT molecular complexity index is 643. The molecule has 0 amide bonds. The van der Waals surface area contributed by atoms with Gasteiger partial charge in [0.25, 0.3) is 0 Å². The molecule has 0 aromatic heterocycles. The molecule has 4 heteroatoms. The molecule has 2 aromatic rings. The third kappa shape index (κ3) is 3.70. The van der Waals surface area contributed by atoms with Crippen LogP contribution in [0, 0.1) is 20.8 Å². The molecular formula is C17H18Cl2O2. The predicted molar refractivity (Wildman–Crippen MR) is 87.4 cm³/mol. The van der Waals surface area contributed by atoms with Crippen LogP contribution in [-0.2, 0) is 13.2 Å². The average Bonchev–Trinajstić information content (AvgIpc) is 2.38. The van der Waals surface area contributed by atoms with E-state index in [1.165, 1.54) is 16.7 Å². The minimum absolute atomic E-state index is 0.165. The Labute approximate surface area is 135 Å². The van der Waals surface area contributed by atoms with Crippen molar-refractivity contribution in [2.75, 3.05) is 0 Å². The first-order chi connectivity index (χ1) is 9.92. The molecule has 112 valence electrons. The topological polar surface area (TPSA) is 29.5 Å². The molecule has 0 aliphatic heterocycles. The van der Waals surface area contributed by atoms with E-state index in [2.05, 4.69) is 32.9 Å². The normalized spacial score (nSPS) is 10.8. The Morgan fingerprint density at radius 2 is 1.62 bits per heavy atom. The zero-order valence-corrected chi connectivity index (χ0v) is 13.8. The first-order valence-corrected chi connectivity index (χ1v) is 7.46. The van der Waals surface area contributed by atoms with Gasteiger partial charge in [-0.1, -0.05) is 40.9 Å². The van der Waals surface area contributed by atoms with Gasteiger partial charge in [0.1, 0.15) is 12.4 Å². The van der Waals surface area contributed by atoms with E-state index in [-0.39, 0.29) is 6.61 Å². The second-order valence-electron chi connectivity index (χ2n) is 5.20. The summed E-state index contributed by atoms with van der Waals surface area (Å²) in [5.41, 5.74) is 5.33. The summed E-state index contributed by atoms with van der Waals surface area (Å²) in [4.78, 5) is 0. The second kappa shape index (κ2) is 6.69. The van der Waals surface area contributed by atoms with Crippen LogP contribution in [0.1, 0.15) is 27.8 Å². The van der Waals surface area contributed by atoms with Crippen LogP contribution in [-0.4, -0.2) is 5.11 Å². The molecule has 0 fully saturated rings. The van der Waals surface area contributed by atoms with Crippen LogP contribution in [0.2, 0.25) is 10.0 Å². The van der Waals surface area contributed by atoms with Gasteiger partial charge in [0.2, 0.25) is 0 Å². The van der Waals surface area contributed by atoms with Gasteiger partial charge < -0.3 is 9.84 Å². The van der Waals surface area contributed by atoms with Crippen molar-refractivity contribution in [1.29, 1.82) is 0 Å². The molecule has 0 aliphatic rings. The summed E-state index contributed by atoms with van der Waals surface area (Å²) in [6.07, 6.45) is 0. The Morgan fingerprint density at radius 3 is 2.19 bits per heavy atom. The number of aliphatic hydroxyl groups excluding tert-OH is 1. The number of hydrogen-bond acceptors (Lipinski definition) is 2. The van der Waals surface area contributed by atoms with Gasteiger partial charge in [-0.2, -0.15) is 0 Å². The number of aryl methyl sites for hydroxylation is 3. The Kier molecular flexibility index (Phi) is 5.15. The highest BCUT2D eigenvalue weighted by Gasteiger charge is 2.12. The summed E-state index contributed by atoms with van der Waals surface area (Å²) in [5, 5.41) is 10.3. The standard InChI is InChI=1S/C17H18Cl2O2/c1-10-4-11(2)15(12(3)5-10)9-21-17-13(8-20)6-14(18)7-16(17)19/h4-7,20H,8-9H2,1-3H3. The third-order valence-corrected chi connectivity index (χ3v) is 3.96. The number of benzene rings is 2. The highest BCUT2D eigenvalue weighted by atomic mass is 35.5. The summed E-state index contributed by atoms with van der Waals surface area (Å²) in [6, 6.07) is 7.54. The molecule has 0 unspecified atom stereocenters. The van der Waals surface area contributed by atoms with Crippen molar-refractivity contribution in [3.63, 3.8) is 0 Å². The van der Waals surface area contributed by atoms with E-state index < -0.39 is 0 Å². The summed E-state index contributed by atoms with van der Waals surface area (Å²) in [7, 11) is 0. The van der Waals surface area contributed by atoms with E-state index in [1.807, 2.05) is 0 Å². The molecule has 0 heterocycles. The maximum atomic E-state index is 9.41. The largest absolute Gasteiger partial charge is 0.487 e. The van der Waals surface area contributed by atoms with Gasteiger partial charge in [0.15, 0.2) is 0 Å². The zero-order valence-electron chi connectivity index (χ0n) is 12.3. The highest BCUT2D eigenvalue weighted by molar-refractivity contribution is 6.35. The van der Waals surface area contributed by atoms with Gasteiger partial charge in [-0.15, -0.1) is 0 Å². The minimum atomic E-state index is -0.165. The fraction of sp³-hybridized carbons (Fsp3) is 0.294. The van der Waals surface area contributed by atoms with Crippen LogP contribution in [0.25, 0.3) is 0 Å². The van der Waals surface area contributed by atoms with Crippen LogP contribution in [0.4, 0.5) is 0 Å². The van der Waals surface area contributed by atoms with Crippen molar-refractivity contribution >= 4 is 23.2 Å². The van der Waals surface area contributed by atoms with Gasteiger partial charge in [0, 0.05) is 10.6 Å². The summed E-state index contributed by atoms with van der Waals surface area (Å²) >= 11 is 12.1. The lowest BCUT2D eigenvalue weighted by Crippen LogP contribution is -2.04. The van der Waals surface area contributed by atoms with Crippen molar-refractivity contribution in [2.45, 2.75) is 34.0 Å². The molecule has 0 bridgehead atoms. The van der Waals surface area contributed by atoms with E-state index in [9.17, 15) is 5.11 Å². The van der Waals surface area contributed by atoms with Gasteiger partial charge in [0.05, 0.1) is 11.6 Å². The van der Waals surface area contributed by atoms with Crippen molar-refractivity contribution in [2.24, 2.45) is 0 Å². The molecular weight excluding hydrogens is 307 g/mol. The van der Waals surface area contributed by atoms with E-state index in [0.29, 0.717) is 28.0 Å². The highest BCUT2D eigenvalue weighted by Crippen LogP contribution is 2.33. The number of aliphatic hydroxyl groups is 1. The SMILES string of the molecule is Cc1cc(C)c(COc2c(Cl)cc(Cl)cc2CO)c(C)c1. The van der Waals surface area contributed by atoms with Crippen LogP contribution in [0.5, 0.6) is 5.75 Å². The van der Waals surface area contributed by atoms with Gasteiger partial charge in [-0.3, -0.25) is 0 Å². The van der Waals surface area contributed by atoms with Crippen LogP contribution in [0.15, 0.2) is 24.3 Å². The molecule has 0 atom stereocenters. The molecule has 0 saturated heterocycles. The Hall–Kier alpha value is -1.22. The minimum Gasteiger partial charge on any atom is -0.487 e. The average molecular weight is 325 g/mol. The molecule has 0 saturated carbocycles. The first kappa shape index (κ1) is 16.2. The fourth-order valence-electron chi connectivity index (χ4n) is 2.47. The van der Waals surface area contributed by atoms with Crippen LogP contribution >= 0.6 is 23.2 Å². The smallest absolute Gasteiger partial charge is 0.144 e. The van der Waals surface area contributed by atoms with Crippen molar-refractivity contribution in [3.05, 3.63) is 62.1 Å². The molecule has 0 aliphatic carbocycles. The third-order valence-electron chi connectivity index (χ3n) is 3.46. The van der Waals surface area contributed by atoms with Gasteiger partial charge >= 0.3 is 0 Å². The lowest BCUT2D eigenvalue weighted by molar-refractivity contribution is 0.258. The van der Waals surface area contributed by atoms with Crippen molar-refractivity contribution in [3.8, 4) is 5.75 Å².